The molecule has 0 radical (unpaired) electrons. The summed E-state index contributed by atoms with van der Waals surface area (Å²) in [5, 5.41) is 10.3. The first-order valence-electron chi connectivity index (χ1n) is 6.27. The van der Waals surface area contributed by atoms with E-state index < -0.39 is 11.9 Å². The summed E-state index contributed by atoms with van der Waals surface area (Å²) in [4.78, 5) is 0. The Balaban J connectivity index is 2.31. The Bertz CT molecular complexity index is 643. The Morgan fingerprint density at radius 1 is 1.25 bits per heavy atom. The normalized spacial score (nSPS) is 12.5. The van der Waals surface area contributed by atoms with Gasteiger partial charge in [-0.2, -0.15) is 0 Å². The molecule has 1 unspecified atom stereocenters. The molecule has 2 aromatic rings. The van der Waals surface area contributed by atoms with Crippen LogP contribution >= 0.6 is 27.5 Å². The summed E-state index contributed by atoms with van der Waals surface area (Å²) >= 11 is 9.02. The second-order valence-electron chi connectivity index (χ2n) is 4.91. The lowest BCUT2D eigenvalue weighted by atomic mass is 9.96. The summed E-state index contributed by atoms with van der Waals surface area (Å²) in [6.07, 6.45) is -0.552. The van der Waals surface area contributed by atoms with Gasteiger partial charge in [-0.15, -0.1) is 0 Å². The zero-order valence-electron chi connectivity index (χ0n) is 11.3. The largest absolute Gasteiger partial charge is 0.388 e. The number of aliphatic hydroxyl groups is 1. The SMILES string of the molecule is Cc1ccc(C)c(CC(O)c2ccc(Br)c(Cl)c2F)c1. The molecule has 0 bridgehead atoms. The Hall–Kier alpha value is -0.900. The molecule has 0 spiro atoms. The molecule has 0 saturated heterocycles. The minimum absolute atomic E-state index is 0.00233. The molecule has 0 aliphatic rings. The van der Waals surface area contributed by atoms with Crippen LogP contribution in [-0.4, -0.2) is 5.11 Å². The fourth-order valence-corrected chi connectivity index (χ4v) is 2.61. The van der Waals surface area contributed by atoms with Gasteiger partial charge in [0.25, 0.3) is 0 Å². The second-order valence-corrected chi connectivity index (χ2v) is 6.15. The molecule has 0 aliphatic heterocycles. The highest BCUT2D eigenvalue weighted by Gasteiger charge is 2.18. The van der Waals surface area contributed by atoms with Gasteiger partial charge in [0.2, 0.25) is 0 Å². The van der Waals surface area contributed by atoms with E-state index in [0.717, 1.165) is 16.7 Å². The average Bonchev–Trinajstić information content (AvgIpc) is 2.40. The number of benzene rings is 2. The highest BCUT2D eigenvalue weighted by atomic mass is 79.9. The molecule has 20 heavy (non-hydrogen) atoms. The van der Waals surface area contributed by atoms with Crippen LogP contribution in [0.25, 0.3) is 0 Å². The first-order chi connectivity index (χ1) is 9.40. The van der Waals surface area contributed by atoms with Gasteiger partial charge in [-0.25, -0.2) is 4.39 Å². The lowest BCUT2D eigenvalue weighted by Gasteiger charge is -2.15. The van der Waals surface area contributed by atoms with Crippen LogP contribution < -0.4 is 0 Å². The van der Waals surface area contributed by atoms with E-state index in [-0.39, 0.29) is 10.6 Å². The summed E-state index contributed by atoms with van der Waals surface area (Å²) in [7, 11) is 0. The molecular weight excluding hydrogens is 343 g/mol. The maximum Gasteiger partial charge on any atom is 0.148 e. The van der Waals surface area contributed by atoms with Crippen molar-refractivity contribution < 1.29 is 9.50 Å². The smallest absolute Gasteiger partial charge is 0.148 e. The van der Waals surface area contributed by atoms with Crippen molar-refractivity contribution >= 4 is 27.5 Å². The molecule has 2 rings (SSSR count). The van der Waals surface area contributed by atoms with Crippen LogP contribution in [0.3, 0.4) is 0 Å². The summed E-state index contributed by atoms with van der Waals surface area (Å²) in [6.45, 7) is 3.97. The first kappa shape index (κ1) is 15.5. The topological polar surface area (TPSA) is 20.2 Å². The van der Waals surface area contributed by atoms with Gasteiger partial charge in [0.05, 0.1) is 11.1 Å². The highest BCUT2D eigenvalue weighted by Crippen LogP contribution is 2.32. The van der Waals surface area contributed by atoms with Crippen molar-refractivity contribution in [1.29, 1.82) is 0 Å². The monoisotopic (exact) mass is 356 g/mol. The molecule has 106 valence electrons. The predicted octanol–water partition coefficient (Wildman–Crippen LogP) is 5.13. The number of rotatable bonds is 3. The van der Waals surface area contributed by atoms with Crippen LogP contribution in [0, 0.1) is 19.7 Å². The van der Waals surface area contributed by atoms with E-state index in [1.165, 1.54) is 0 Å². The van der Waals surface area contributed by atoms with Crippen molar-refractivity contribution in [3.05, 3.63) is 67.9 Å². The number of halogens is 3. The maximum absolute atomic E-state index is 14.1. The van der Waals surface area contributed by atoms with E-state index in [4.69, 9.17) is 11.6 Å². The standard InChI is InChI=1S/C16H15BrClFO/c1-9-3-4-10(2)11(7-9)8-14(20)12-5-6-13(17)15(18)16(12)19/h3-7,14,20H,8H2,1-2H3. The van der Waals surface area contributed by atoms with Crippen molar-refractivity contribution in [2.75, 3.05) is 0 Å². The van der Waals surface area contributed by atoms with Crippen molar-refractivity contribution in [1.82, 2.24) is 0 Å². The Morgan fingerprint density at radius 2 is 1.95 bits per heavy atom. The lowest BCUT2D eigenvalue weighted by molar-refractivity contribution is 0.173. The van der Waals surface area contributed by atoms with Crippen LogP contribution in [0.4, 0.5) is 4.39 Å². The fraction of sp³-hybridized carbons (Fsp3) is 0.250. The number of hydrogen-bond acceptors (Lipinski definition) is 1. The van der Waals surface area contributed by atoms with Gasteiger partial charge in [-0.3, -0.25) is 0 Å². The van der Waals surface area contributed by atoms with Gasteiger partial charge in [-0.05, 0) is 47.0 Å². The Labute approximate surface area is 131 Å². The van der Waals surface area contributed by atoms with Gasteiger partial charge in [0.15, 0.2) is 0 Å². The minimum atomic E-state index is -0.916. The zero-order valence-corrected chi connectivity index (χ0v) is 13.6. The van der Waals surface area contributed by atoms with Gasteiger partial charge >= 0.3 is 0 Å². The van der Waals surface area contributed by atoms with E-state index in [1.54, 1.807) is 12.1 Å². The molecular formula is C16H15BrClFO. The predicted molar refractivity (Wildman–Crippen MR) is 83.7 cm³/mol. The zero-order chi connectivity index (χ0) is 14.9. The lowest BCUT2D eigenvalue weighted by Crippen LogP contribution is -2.06. The first-order valence-corrected chi connectivity index (χ1v) is 7.45. The van der Waals surface area contributed by atoms with Crippen molar-refractivity contribution in [2.24, 2.45) is 0 Å². The van der Waals surface area contributed by atoms with Crippen LogP contribution in [-0.2, 0) is 6.42 Å². The summed E-state index contributed by atoms with van der Waals surface area (Å²) < 4.78 is 14.6. The van der Waals surface area contributed by atoms with E-state index in [9.17, 15) is 9.50 Å². The number of aryl methyl sites for hydroxylation is 2. The molecule has 4 heteroatoms. The fourth-order valence-electron chi connectivity index (χ4n) is 2.14. The minimum Gasteiger partial charge on any atom is -0.388 e. The van der Waals surface area contributed by atoms with Gasteiger partial charge < -0.3 is 5.11 Å². The van der Waals surface area contributed by atoms with E-state index in [0.29, 0.717) is 10.9 Å². The summed E-state index contributed by atoms with van der Waals surface area (Å²) in [6, 6.07) is 9.23. The van der Waals surface area contributed by atoms with Crippen molar-refractivity contribution in [3.63, 3.8) is 0 Å². The molecule has 1 nitrogen and oxygen atoms in total. The maximum atomic E-state index is 14.1. The van der Waals surface area contributed by atoms with Crippen LogP contribution in [0.5, 0.6) is 0 Å². The molecule has 0 aromatic heterocycles. The average molecular weight is 358 g/mol. The van der Waals surface area contributed by atoms with Crippen LogP contribution in [0.1, 0.15) is 28.4 Å². The quantitative estimate of drug-likeness (QED) is 0.755. The highest BCUT2D eigenvalue weighted by molar-refractivity contribution is 9.10. The summed E-state index contributed by atoms with van der Waals surface area (Å²) in [5.41, 5.74) is 3.43. The second kappa shape index (κ2) is 6.25. The van der Waals surface area contributed by atoms with Crippen LogP contribution in [0.15, 0.2) is 34.8 Å². The third-order valence-corrected chi connectivity index (χ3v) is 4.60. The van der Waals surface area contributed by atoms with Gasteiger partial charge in [0.1, 0.15) is 5.82 Å². The molecule has 0 heterocycles. The molecule has 0 saturated carbocycles. The Kier molecular flexibility index (Phi) is 4.84. The molecule has 1 atom stereocenters. The van der Waals surface area contributed by atoms with Crippen molar-refractivity contribution in [2.45, 2.75) is 26.4 Å². The molecule has 1 N–H and O–H groups in total. The molecule has 2 aromatic carbocycles. The van der Waals surface area contributed by atoms with E-state index in [1.807, 2.05) is 32.0 Å². The van der Waals surface area contributed by atoms with Gasteiger partial charge in [0, 0.05) is 16.5 Å². The van der Waals surface area contributed by atoms with Crippen LogP contribution in [0.2, 0.25) is 5.02 Å². The van der Waals surface area contributed by atoms with E-state index in [2.05, 4.69) is 15.9 Å². The third-order valence-electron chi connectivity index (χ3n) is 3.34. The summed E-state index contributed by atoms with van der Waals surface area (Å²) in [5.74, 6) is -0.571. The van der Waals surface area contributed by atoms with E-state index >= 15 is 0 Å². The van der Waals surface area contributed by atoms with Crippen molar-refractivity contribution in [3.8, 4) is 0 Å². The molecule has 0 fully saturated rings. The number of aliphatic hydroxyl groups excluding tert-OH is 1. The third kappa shape index (κ3) is 3.22. The Morgan fingerprint density at radius 3 is 2.65 bits per heavy atom. The number of hydrogen-bond donors (Lipinski definition) is 1. The van der Waals surface area contributed by atoms with Gasteiger partial charge in [-0.1, -0.05) is 41.4 Å². The molecule has 0 aliphatic carbocycles. The molecule has 0 amide bonds.